The van der Waals surface area contributed by atoms with Gasteiger partial charge in [0, 0.05) is 30.8 Å². The molecule has 1 aromatic carbocycles. The fraction of sp³-hybridized carbons (Fsp3) is 0.286. The summed E-state index contributed by atoms with van der Waals surface area (Å²) in [6.45, 7) is 5.00. The maximum Gasteiger partial charge on any atom is 0.238 e. The van der Waals surface area contributed by atoms with Crippen molar-refractivity contribution in [3.05, 3.63) is 71.4 Å². The van der Waals surface area contributed by atoms with E-state index in [2.05, 4.69) is 36.0 Å². The minimum atomic E-state index is -0.340. The number of hydrogen-bond donors (Lipinski definition) is 2. The molecule has 3 heterocycles. The number of tetrazole rings is 1. The van der Waals surface area contributed by atoms with E-state index in [-0.39, 0.29) is 6.04 Å². The molecule has 10 heteroatoms. The average Bonchev–Trinajstić information content (AvgIpc) is 3.40. The predicted molar refractivity (Wildman–Crippen MR) is 114 cm³/mol. The van der Waals surface area contributed by atoms with Gasteiger partial charge in [0.05, 0.1) is 18.8 Å². The minimum Gasteiger partial charge on any atom is -0.438 e. The number of aromatic nitrogens is 7. The molecule has 1 unspecified atom stereocenters. The Hall–Kier alpha value is -3.79. The van der Waals surface area contributed by atoms with Crippen LogP contribution < -0.4 is 10.1 Å². The molecule has 4 aromatic rings. The third-order valence-corrected chi connectivity index (χ3v) is 4.63. The summed E-state index contributed by atoms with van der Waals surface area (Å²) in [5.41, 5.74) is 3.74. The molecule has 0 spiro atoms. The molecule has 0 radical (unpaired) electrons. The number of H-pyrrole nitrogens is 1. The highest BCUT2D eigenvalue weighted by molar-refractivity contribution is 5.49. The van der Waals surface area contributed by atoms with Crippen LogP contribution in [0.1, 0.15) is 28.8 Å². The number of aryl methyl sites for hydroxylation is 2. The van der Waals surface area contributed by atoms with Gasteiger partial charge in [-0.2, -0.15) is 0 Å². The Bertz CT molecular complexity index is 1120. The largest absolute Gasteiger partial charge is 0.438 e. The fourth-order valence-electron chi connectivity index (χ4n) is 3.10. The Balaban J connectivity index is 1.58. The van der Waals surface area contributed by atoms with Crippen LogP contribution in [0.2, 0.25) is 0 Å². The lowest BCUT2D eigenvalue weighted by Gasteiger charge is -2.19. The third kappa shape index (κ3) is 5.04. The van der Waals surface area contributed by atoms with Gasteiger partial charge >= 0.3 is 0 Å². The summed E-state index contributed by atoms with van der Waals surface area (Å²) >= 11 is 0. The van der Waals surface area contributed by atoms with Gasteiger partial charge < -0.3 is 14.8 Å². The van der Waals surface area contributed by atoms with E-state index in [0.717, 1.165) is 22.6 Å². The second kappa shape index (κ2) is 9.35. The van der Waals surface area contributed by atoms with Crippen molar-refractivity contribution in [3.8, 4) is 11.6 Å². The summed E-state index contributed by atoms with van der Waals surface area (Å²) in [5, 5.41) is 22.7. The van der Waals surface area contributed by atoms with Gasteiger partial charge in [0.2, 0.25) is 5.88 Å². The van der Waals surface area contributed by atoms with E-state index in [4.69, 9.17) is 9.47 Å². The number of methoxy groups -OCH3 is 1. The number of anilines is 1. The third-order valence-electron chi connectivity index (χ3n) is 4.63. The fourth-order valence-corrected chi connectivity index (χ4v) is 3.10. The first kappa shape index (κ1) is 20.5. The molecule has 2 N–H and O–H groups in total. The zero-order valence-corrected chi connectivity index (χ0v) is 17.6. The summed E-state index contributed by atoms with van der Waals surface area (Å²) in [6.07, 6.45) is 1.78. The maximum absolute atomic E-state index is 5.76. The van der Waals surface area contributed by atoms with Gasteiger partial charge in [-0.3, -0.25) is 10.1 Å². The van der Waals surface area contributed by atoms with Crippen LogP contribution in [-0.2, 0) is 11.3 Å². The molecule has 31 heavy (non-hydrogen) atoms. The molecule has 0 aliphatic heterocycles. The Kier molecular flexibility index (Phi) is 6.18. The molecule has 0 saturated carbocycles. The first-order valence-electron chi connectivity index (χ1n) is 9.86. The van der Waals surface area contributed by atoms with E-state index in [9.17, 15) is 0 Å². The maximum atomic E-state index is 5.76. The van der Waals surface area contributed by atoms with Crippen LogP contribution in [0.15, 0.2) is 48.7 Å². The smallest absolute Gasteiger partial charge is 0.238 e. The summed E-state index contributed by atoms with van der Waals surface area (Å²) in [5.74, 6) is 1.87. The van der Waals surface area contributed by atoms with Gasteiger partial charge in [-0.25, -0.2) is 4.68 Å². The first-order valence-corrected chi connectivity index (χ1v) is 9.86. The molecule has 0 aliphatic rings. The van der Waals surface area contributed by atoms with E-state index in [1.165, 1.54) is 0 Å². The Morgan fingerprint density at radius 2 is 1.97 bits per heavy atom. The van der Waals surface area contributed by atoms with E-state index in [1.54, 1.807) is 18.0 Å². The Morgan fingerprint density at radius 3 is 2.68 bits per heavy atom. The summed E-state index contributed by atoms with van der Waals surface area (Å²) in [6, 6.07) is 13.1. The van der Waals surface area contributed by atoms with Gasteiger partial charge in [-0.15, -0.1) is 10.2 Å². The topological polar surface area (TPSA) is 116 Å². The van der Waals surface area contributed by atoms with Crippen molar-refractivity contribution in [1.82, 2.24) is 35.4 Å². The second-order valence-electron chi connectivity index (χ2n) is 7.10. The molecule has 0 saturated heterocycles. The van der Waals surface area contributed by atoms with Crippen molar-refractivity contribution in [3.63, 3.8) is 0 Å². The van der Waals surface area contributed by atoms with Crippen molar-refractivity contribution in [1.29, 1.82) is 0 Å². The van der Waals surface area contributed by atoms with Crippen LogP contribution in [0.25, 0.3) is 0 Å². The first-order chi connectivity index (χ1) is 15.1. The van der Waals surface area contributed by atoms with Crippen LogP contribution in [0.3, 0.4) is 0 Å². The lowest BCUT2D eigenvalue weighted by molar-refractivity contribution is 0.181. The van der Waals surface area contributed by atoms with Crippen molar-refractivity contribution < 1.29 is 9.47 Å². The highest BCUT2D eigenvalue weighted by atomic mass is 16.5. The number of hydrogen-bond acceptors (Lipinski definition) is 8. The number of pyridine rings is 1. The normalized spacial score (nSPS) is 12.0. The van der Waals surface area contributed by atoms with Gasteiger partial charge in [0.25, 0.3) is 0 Å². The zero-order valence-electron chi connectivity index (χ0n) is 17.6. The molecule has 0 fully saturated rings. The standard InChI is InChI=1S/C21H24N8O2/c1-14-8-9-22-18(12-14)20(21-26-27-28-29(21)10-11-30-3)23-16-4-6-17(7-5-16)31-19-13-15(2)24-25-19/h4-9,12-13,20,23H,10-11H2,1-3H3,(H,24,25). The summed E-state index contributed by atoms with van der Waals surface area (Å²) in [7, 11) is 1.65. The lowest BCUT2D eigenvalue weighted by Crippen LogP contribution is -2.21. The molecule has 1 atom stereocenters. The van der Waals surface area contributed by atoms with E-state index in [0.29, 0.717) is 30.6 Å². The predicted octanol–water partition coefficient (Wildman–Crippen LogP) is 3.05. The monoisotopic (exact) mass is 420 g/mol. The second-order valence-corrected chi connectivity index (χ2v) is 7.10. The van der Waals surface area contributed by atoms with Crippen LogP contribution in [0.4, 0.5) is 5.69 Å². The Morgan fingerprint density at radius 1 is 1.13 bits per heavy atom. The molecule has 0 amide bonds. The summed E-state index contributed by atoms with van der Waals surface area (Å²) < 4.78 is 12.7. The van der Waals surface area contributed by atoms with Gasteiger partial charge in [-0.1, -0.05) is 0 Å². The number of benzene rings is 1. The molecule has 10 nitrogen and oxygen atoms in total. The SMILES string of the molecule is COCCn1nnnc1C(Nc1ccc(Oc2cc(C)[nH]n2)cc1)c1cc(C)ccn1. The van der Waals surface area contributed by atoms with E-state index in [1.807, 2.05) is 56.3 Å². The molecular weight excluding hydrogens is 396 g/mol. The number of ether oxygens (including phenoxy) is 2. The van der Waals surface area contributed by atoms with Gasteiger partial charge in [0.15, 0.2) is 5.82 Å². The van der Waals surface area contributed by atoms with Crippen molar-refractivity contribution in [2.45, 2.75) is 26.4 Å². The number of nitrogens with one attached hydrogen (secondary N) is 2. The van der Waals surface area contributed by atoms with Gasteiger partial charge in [0.1, 0.15) is 11.8 Å². The molecule has 3 aromatic heterocycles. The highest BCUT2D eigenvalue weighted by Gasteiger charge is 2.23. The van der Waals surface area contributed by atoms with Crippen molar-refractivity contribution >= 4 is 5.69 Å². The quantitative estimate of drug-likeness (QED) is 0.424. The van der Waals surface area contributed by atoms with Gasteiger partial charge in [-0.05, 0) is 66.2 Å². The molecule has 4 rings (SSSR count). The van der Waals surface area contributed by atoms with Crippen LogP contribution in [0.5, 0.6) is 11.6 Å². The number of aromatic amines is 1. The van der Waals surface area contributed by atoms with Crippen LogP contribution in [-0.4, -0.2) is 49.1 Å². The zero-order chi connectivity index (χ0) is 21.6. The van der Waals surface area contributed by atoms with E-state index < -0.39 is 0 Å². The number of rotatable bonds is 9. The lowest BCUT2D eigenvalue weighted by atomic mass is 10.1. The summed E-state index contributed by atoms with van der Waals surface area (Å²) in [4.78, 5) is 4.55. The number of nitrogens with zero attached hydrogens (tertiary/aromatic N) is 6. The molecular formula is C21H24N8O2. The van der Waals surface area contributed by atoms with Crippen LogP contribution >= 0.6 is 0 Å². The van der Waals surface area contributed by atoms with Crippen LogP contribution in [0, 0.1) is 13.8 Å². The van der Waals surface area contributed by atoms with Crippen molar-refractivity contribution in [2.75, 3.05) is 19.0 Å². The minimum absolute atomic E-state index is 0.340. The average molecular weight is 420 g/mol. The molecule has 0 bridgehead atoms. The molecule has 160 valence electrons. The molecule has 0 aliphatic carbocycles. The van der Waals surface area contributed by atoms with E-state index >= 15 is 0 Å². The highest BCUT2D eigenvalue weighted by Crippen LogP contribution is 2.27. The Labute approximate surface area is 179 Å². The van der Waals surface area contributed by atoms with Crippen molar-refractivity contribution in [2.24, 2.45) is 0 Å².